The van der Waals surface area contributed by atoms with Crippen molar-refractivity contribution in [2.45, 2.75) is 0 Å². The van der Waals surface area contributed by atoms with Crippen molar-refractivity contribution < 1.29 is 0 Å². The maximum absolute atomic E-state index is 3.74. The first-order chi connectivity index (χ1) is 7.29. The highest BCUT2D eigenvalue weighted by molar-refractivity contribution is 5.85. The van der Waals surface area contributed by atoms with Crippen LogP contribution in [0.1, 0.15) is 0 Å². The van der Waals surface area contributed by atoms with E-state index in [0.717, 1.165) is 5.69 Å². The van der Waals surface area contributed by atoms with Gasteiger partial charge in [-0.1, -0.05) is 30.3 Å². The predicted octanol–water partition coefficient (Wildman–Crippen LogP) is 2.71. The van der Waals surface area contributed by atoms with Gasteiger partial charge in [0.25, 0.3) is 0 Å². The number of benzene rings is 2. The third kappa shape index (κ3) is 2.07. The zero-order valence-electron chi connectivity index (χ0n) is 8.64. The molecule has 0 saturated carbocycles. The number of nitrogens with zero attached hydrogens (tertiary/aromatic N) is 2. The normalized spacial score (nSPS) is 9.93. The summed E-state index contributed by atoms with van der Waals surface area (Å²) in [7, 11) is 1.81. The summed E-state index contributed by atoms with van der Waals surface area (Å²) in [6, 6.07) is 14.4. The smallest absolute Gasteiger partial charge is 0.0564 e. The summed E-state index contributed by atoms with van der Waals surface area (Å²) in [5.41, 5.74) is 4.09. The molecule has 15 heavy (non-hydrogen) atoms. The fourth-order valence-electron chi connectivity index (χ4n) is 1.48. The summed E-state index contributed by atoms with van der Waals surface area (Å²) in [6.07, 6.45) is 0. The van der Waals surface area contributed by atoms with Crippen LogP contribution in [0.3, 0.4) is 0 Å². The van der Waals surface area contributed by atoms with E-state index in [0.29, 0.717) is 0 Å². The van der Waals surface area contributed by atoms with Gasteiger partial charge in [0.2, 0.25) is 0 Å². The lowest BCUT2D eigenvalue weighted by molar-refractivity contribution is 0.434. The van der Waals surface area contributed by atoms with Crippen LogP contribution in [0.25, 0.3) is 10.8 Å². The molecule has 0 aliphatic heterocycles. The summed E-state index contributed by atoms with van der Waals surface area (Å²) >= 11 is 0. The maximum Gasteiger partial charge on any atom is 0.0564 e. The summed E-state index contributed by atoms with van der Waals surface area (Å²) in [4.78, 5) is 0. The van der Waals surface area contributed by atoms with Crippen LogP contribution in [-0.2, 0) is 0 Å². The van der Waals surface area contributed by atoms with Crippen molar-refractivity contribution in [1.29, 1.82) is 0 Å². The van der Waals surface area contributed by atoms with Crippen LogP contribution in [0, 0.1) is 0 Å². The van der Waals surface area contributed by atoms with Crippen molar-refractivity contribution in [1.82, 2.24) is 5.12 Å². The molecular formula is C12H13N3. The van der Waals surface area contributed by atoms with Gasteiger partial charge in [0.1, 0.15) is 0 Å². The SMILES string of the molecule is C=NN(C)Nc1ccc2ccccc2c1. The summed E-state index contributed by atoms with van der Waals surface area (Å²) in [5.74, 6) is 0. The van der Waals surface area contributed by atoms with Crippen LogP contribution in [0.5, 0.6) is 0 Å². The maximum atomic E-state index is 3.74. The topological polar surface area (TPSA) is 27.6 Å². The highest BCUT2D eigenvalue weighted by Gasteiger charge is 1.96. The van der Waals surface area contributed by atoms with Crippen LogP contribution in [0.4, 0.5) is 5.69 Å². The van der Waals surface area contributed by atoms with E-state index in [4.69, 9.17) is 0 Å². The molecule has 2 rings (SSSR count). The lowest BCUT2D eigenvalue weighted by Gasteiger charge is -2.15. The van der Waals surface area contributed by atoms with Crippen molar-refractivity contribution in [3.05, 3.63) is 42.5 Å². The molecule has 2 aromatic rings. The van der Waals surface area contributed by atoms with Gasteiger partial charge in [0.05, 0.1) is 5.69 Å². The number of hydrogen-bond donors (Lipinski definition) is 1. The van der Waals surface area contributed by atoms with Gasteiger partial charge in [-0.05, 0) is 22.9 Å². The van der Waals surface area contributed by atoms with E-state index in [-0.39, 0.29) is 0 Å². The standard InChI is InChI=1S/C12H13N3/c1-13-15(2)14-12-8-7-10-5-3-4-6-11(10)9-12/h3-9,14H,1H2,2H3. The monoisotopic (exact) mass is 199 g/mol. The quantitative estimate of drug-likeness (QED) is 0.608. The van der Waals surface area contributed by atoms with E-state index >= 15 is 0 Å². The fraction of sp³-hybridized carbons (Fsp3) is 0.0833. The number of hydrogen-bond acceptors (Lipinski definition) is 3. The number of hydrazone groups is 1. The van der Waals surface area contributed by atoms with E-state index in [2.05, 4.69) is 41.5 Å². The van der Waals surface area contributed by atoms with Crippen LogP contribution in [0.2, 0.25) is 0 Å². The second-order valence-corrected chi connectivity index (χ2v) is 3.34. The lowest BCUT2D eigenvalue weighted by atomic mass is 10.1. The lowest BCUT2D eigenvalue weighted by Crippen LogP contribution is -2.18. The van der Waals surface area contributed by atoms with Crippen molar-refractivity contribution in [3.63, 3.8) is 0 Å². The Bertz CT molecular complexity index is 479. The van der Waals surface area contributed by atoms with Gasteiger partial charge in [-0.15, -0.1) is 0 Å². The molecule has 0 amide bonds. The van der Waals surface area contributed by atoms with Gasteiger partial charge in [-0.2, -0.15) is 5.10 Å². The van der Waals surface area contributed by atoms with Crippen molar-refractivity contribution in [2.24, 2.45) is 5.10 Å². The third-order valence-electron chi connectivity index (χ3n) is 2.25. The molecule has 0 aliphatic rings. The Hall–Kier alpha value is -2.03. The first kappa shape index (κ1) is 9.52. The molecule has 3 nitrogen and oxygen atoms in total. The van der Waals surface area contributed by atoms with Crippen LogP contribution >= 0.6 is 0 Å². The molecule has 0 bridgehead atoms. The molecule has 0 heterocycles. The van der Waals surface area contributed by atoms with Crippen LogP contribution in [0.15, 0.2) is 47.6 Å². The first-order valence-electron chi connectivity index (χ1n) is 4.75. The summed E-state index contributed by atoms with van der Waals surface area (Å²) in [5, 5.41) is 7.75. The Morgan fingerprint density at radius 1 is 1.13 bits per heavy atom. The number of anilines is 1. The average molecular weight is 199 g/mol. The molecule has 0 atom stereocenters. The van der Waals surface area contributed by atoms with Gasteiger partial charge >= 0.3 is 0 Å². The number of fused-ring (bicyclic) bond motifs is 1. The Balaban J connectivity index is 2.34. The van der Waals surface area contributed by atoms with Gasteiger partial charge in [-0.3, -0.25) is 5.43 Å². The van der Waals surface area contributed by atoms with Crippen LogP contribution < -0.4 is 5.43 Å². The minimum absolute atomic E-state index is 1.00. The Labute approximate surface area is 89.0 Å². The van der Waals surface area contributed by atoms with Crippen molar-refractivity contribution in [2.75, 3.05) is 12.5 Å². The second kappa shape index (κ2) is 4.00. The molecule has 76 valence electrons. The Morgan fingerprint density at radius 3 is 2.60 bits per heavy atom. The summed E-state index contributed by atoms with van der Waals surface area (Å²) in [6.45, 7) is 3.43. The summed E-state index contributed by atoms with van der Waals surface area (Å²) < 4.78 is 0. The zero-order valence-corrected chi connectivity index (χ0v) is 8.64. The van der Waals surface area contributed by atoms with Gasteiger partial charge in [0.15, 0.2) is 0 Å². The highest BCUT2D eigenvalue weighted by Crippen LogP contribution is 2.18. The third-order valence-corrected chi connectivity index (χ3v) is 2.25. The number of nitrogens with one attached hydrogen (secondary N) is 1. The molecule has 0 saturated heterocycles. The second-order valence-electron chi connectivity index (χ2n) is 3.34. The fourth-order valence-corrected chi connectivity index (χ4v) is 1.48. The van der Waals surface area contributed by atoms with Gasteiger partial charge < -0.3 is 0 Å². The van der Waals surface area contributed by atoms with Gasteiger partial charge in [0, 0.05) is 13.8 Å². The molecule has 0 spiro atoms. The van der Waals surface area contributed by atoms with E-state index in [1.165, 1.54) is 10.8 Å². The van der Waals surface area contributed by atoms with Crippen molar-refractivity contribution in [3.8, 4) is 0 Å². The molecule has 3 heteroatoms. The zero-order chi connectivity index (χ0) is 10.7. The molecule has 0 fully saturated rings. The van der Waals surface area contributed by atoms with E-state index < -0.39 is 0 Å². The molecule has 1 N–H and O–H groups in total. The van der Waals surface area contributed by atoms with Gasteiger partial charge in [-0.25, -0.2) is 5.12 Å². The number of hydrazine groups is 1. The number of rotatable bonds is 3. The molecule has 0 aliphatic carbocycles. The van der Waals surface area contributed by atoms with E-state index in [1.807, 2.05) is 25.2 Å². The van der Waals surface area contributed by atoms with E-state index in [1.54, 1.807) is 5.12 Å². The predicted molar refractivity (Wildman–Crippen MR) is 64.9 cm³/mol. The molecule has 0 unspecified atom stereocenters. The molecule has 2 aromatic carbocycles. The average Bonchev–Trinajstić information content (AvgIpc) is 2.29. The highest BCUT2D eigenvalue weighted by atomic mass is 15.7. The van der Waals surface area contributed by atoms with Crippen molar-refractivity contribution >= 4 is 23.2 Å². The molecule has 0 radical (unpaired) electrons. The van der Waals surface area contributed by atoms with E-state index in [9.17, 15) is 0 Å². The molecular weight excluding hydrogens is 186 g/mol. The minimum Gasteiger partial charge on any atom is -0.283 e. The largest absolute Gasteiger partial charge is 0.283 e. The Morgan fingerprint density at radius 2 is 1.87 bits per heavy atom. The molecule has 0 aromatic heterocycles. The Kier molecular flexibility index (Phi) is 2.54. The first-order valence-corrected chi connectivity index (χ1v) is 4.75. The minimum atomic E-state index is 1.00. The van der Waals surface area contributed by atoms with Crippen LogP contribution in [-0.4, -0.2) is 18.9 Å².